The summed E-state index contributed by atoms with van der Waals surface area (Å²) in [7, 11) is 3.40. The molecule has 0 fully saturated rings. The van der Waals surface area contributed by atoms with Crippen LogP contribution in [0.1, 0.15) is 11.3 Å². The molecule has 2 aromatic carbocycles. The van der Waals surface area contributed by atoms with Crippen LogP contribution in [0.2, 0.25) is 0 Å². The van der Waals surface area contributed by atoms with Crippen molar-refractivity contribution < 1.29 is 9.26 Å². The van der Waals surface area contributed by atoms with Crippen molar-refractivity contribution in [1.29, 1.82) is 0 Å². The lowest BCUT2D eigenvalue weighted by Gasteiger charge is -2.12. The van der Waals surface area contributed by atoms with Gasteiger partial charge in [-0.15, -0.1) is 24.0 Å². The Labute approximate surface area is 176 Å². The summed E-state index contributed by atoms with van der Waals surface area (Å²) in [5.74, 6) is 2.28. The summed E-state index contributed by atoms with van der Waals surface area (Å²) in [6.45, 7) is 1.12. The van der Waals surface area contributed by atoms with E-state index < -0.39 is 0 Å². The van der Waals surface area contributed by atoms with E-state index in [1.165, 1.54) is 0 Å². The second kappa shape index (κ2) is 10.6. The molecule has 0 saturated carbocycles. The van der Waals surface area contributed by atoms with Gasteiger partial charge in [0, 0.05) is 30.8 Å². The van der Waals surface area contributed by atoms with Gasteiger partial charge in [-0.1, -0.05) is 53.7 Å². The Morgan fingerprint density at radius 3 is 2.48 bits per heavy atom. The molecule has 0 unspecified atom stereocenters. The molecule has 3 rings (SSSR count). The molecule has 0 aliphatic rings. The first kappa shape index (κ1) is 20.8. The number of ether oxygens (including phenoxy) is 1. The van der Waals surface area contributed by atoms with Crippen molar-refractivity contribution in [3.63, 3.8) is 0 Å². The SMILES string of the molecule is CN=C(NCc1cc(-c2ccccc2)on1)NCc1ccccc1OC.I. The Hall–Kier alpha value is -2.55. The second-order valence-electron chi connectivity index (χ2n) is 5.64. The number of rotatable bonds is 6. The third-order valence-electron chi connectivity index (χ3n) is 3.92. The number of methoxy groups -OCH3 is 1. The van der Waals surface area contributed by atoms with Crippen LogP contribution in [0.3, 0.4) is 0 Å². The normalized spacial score (nSPS) is 10.8. The minimum Gasteiger partial charge on any atom is -0.496 e. The highest BCUT2D eigenvalue weighted by Gasteiger charge is 2.08. The Morgan fingerprint density at radius 1 is 1.04 bits per heavy atom. The minimum atomic E-state index is 0. The Balaban J connectivity index is 0.00000261. The number of guanidine groups is 1. The van der Waals surface area contributed by atoms with Gasteiger partial charge in [0.2, 0.25) is 0 Å². The summed E-state index contributed by atoms with van der Waals surface area (Å²) in [6.07, 6.45) is 0. The maximum Gasteiger partial charge on any atom is 0.191 e. The number of nitrogens with one attached hydrogen (secondary N) is 2. The van der Waals surface area contributed by atoms with Crippen LogP contribution in [-0.4, -0.2) is 25.3 Å². The van der Waals surface area contributed by atoms with Gasteiger partial charge in [-0.05, 0) is 6.07 Å². The lowest BCUT2D eigenvalue weighted by molar-refractivity contribution is 0.409. The van der Waals surface area contributed by atoms with E-state index in [0.29, 0.717) is 19.0 Å². The standard InChI is InChI=1S/C20H22N4O2.HI/c1-21-20(22-13-16-10-6-7-11-18(16)25-2)23-14-17-12-19(26-24-17)15-8-4-3-5-9-15;/h3-12H,13-14H2,1-2H3,(H2,21,22,23);1H. The van der Waals surface area contributed by atoms with E-state index >= 15 is 0 Å². The van der Waals surface area contributed by atoms with Crippen LogP contribution in [0.4, 0.5) is 0 Å². The van der Waals surface area contributed by atoms with Gasteiger partial charge in [-0.3, -0.25) is 4.99 Å². The third-order valence-corrected chi connectivity index (χ3v) is 3.92. The molecule has 0 radical (unpaired) electrons. The van der Waals surface area contributed by atoms with Crippen molar-refractivity contribution in [2.45, 2.75) is 13.1 Å². The Morgan fingerprint density at radius 2 is 1.74 bits per heavy atom. The molecule has 1 heterocycles. The Bertz CT molecular complexity index is 865. The molecular weight excluding hydrogens is 455 g/mol. The average molecular weight is 478 g/mol. The maximum atomic E-state index is 5.41. The van der Waals surface area contributed by atoms with Gasteiger partial charge in [0.05, 0.1) is 13.7 Å². The van der Waals surface area contributed by atoms with Crippen molar-refractivity contribution in [2.24, 2.45) is 4.99 Å². The summed E-state index contributed by atoms with van der Waals surface area (Å²) in [5.41, 5.74) is 2.87. The molecule has 2 N–H and O–H groups in total. The topological polar surface area (TPSA) is 71.7 Å². The lowest BCUT2D eigenvalue weighted by Crippen LogP contribution is -2.36. The molecule has 1 aromatic heterocycles. The van der Waals surface area contributed by atoms with Crippen molar-refractivity contribution in [3.8, 4) is 17.1 Å². The van der Waals surface area contributed by atoms with Gasteiger partial charge in [-0.2, -0.15) is 0 Å². The van der Waals surface area contributed by atoms with Gasteiger partial charge < -0.3 is 19.9 Å². The number of hydrogen-bond donors (Lipinski definition) is 2. The van der Waals surface area contributed by atoms with Crippen LogP contribution in [0, 0.1) is 0 Å². The van der Waals surface area contributed by atoms with Crippen LogP contribution < -0.4 is 15.4 Å². The fourth-order valence-electron chi connectivity index (χ4n) is 2.56. The molecule has 0 aliphatic carbocycles. The zero-order chi connectivity index (χ0) is 18.2. The third kappa shape index (κ3) is 5.72. The van der Waals surface area contributed by atoms with E-state index in [-0.39, 0.29) is 24.0 Å². The van der Waals surface area contributed by atoms with E-state index in [0.717, 1.165) is 28.3 Å². The number of nitrogens with zero attached hydrogens (tertiary/aromatic N) is 2. The minimum absolute atomic E-state index is 0. The molecule has 3 aromatic rings. The molecule has 0 saturated heterocycles. The summed E-state index contributed by atoms with van der Waals surface area (Å²) in [4.78, 5) is 4.23. The summed E-state index contributed by atoms with van der Waals surface area (Å²) < 4.78 is 10.8. The number of aliphatic imine (C=N–C) groups is 1. The molecule has 0 bridgehead atoms. The number of hydrogen-bond acceptors (Lipinski definition) is 4. The summed E-state index contributed by atoms with van der Waals surface area (Å²) in [5, 5.41) is 10.6. The van der Waals surface area contributed by atoms with Crippen LogP contribution in [0.5, 0.6) is 5.75 Å². The largest absolute Gasteiger partial charge is 0.496 e. The quantitative estimate of drug-likeness (QED) is 0.320. The molecular formula is C20H23IN4O2. The molecule has 7 heteroatoms. The molecule has 0 atom stereocenters. The number of halogens is 1. The fourth-order valence-corrected chi connectivity index (χ4v) is 2.56. The highest BCUT2D eigenvalue weighted by atomic mass is 127. The molecule has 6 nitrogen and oxygen atoms in total. The first-order valence-electron chi connectivity index (χ1n) is 8.37. The van der Waals surface area contributed by atoms with Crippen LogP contribution in [0.25, 0.3) is 11.3 Å². The number of aromatic nitrogens is 1. The summed E-state index contributed by atoms with van der Waals surface area (Å²) in [6, 6.07) is 19.7. The lowest BCUT2D eigenvalue weighted by atomic mass is 10.2. The zero-order valence-electron chi connectivity index (χ0n) is 15.3. The maximum absolute atomic E-state index is 5.41. The molecule has 0 aliphatic heterocycles. The van der Waals surface area contributed by atoms with Crippen molar-refractivity contribution in [2.75, 3.05) is 14.2 Å². The van der Waals surface area contributed by atoms with Crippen LogP contribution in [-0.2, 0) is 13.1 Å². The first-order valence-corrected chi connectivity index (χ1v) is 8.37. The van der Waals surface area contributed by atoms with Gasteiger partial charge in [0.1, 0.15) is 11.4 Å². The van der Waals surface area contributed by atoms with Gasteiger partial charge in [0.25, 0.3) is 0 Å². The van der Waals surface area contributed by atoms with Crippen molar-refractivity contribution >= 4 is 29.9 Å². The van der Waals surface area contributed by atoms with E-state index in [2.05, 4.69) is 20.8 Å². The summed E-state index contributed by atoms with van der Waals surface area (Å²) >= 11 is 0. The number of benzene rings is 2. The van der Waals surface area contributed by atoms with Gasteiger partial charge in [0.15, 0.2) is 11.7 Å². The molecule has 0 spiro atoms. The van der Waals surface area contributed by atoms with E-state index in [4.69, 9.17) is 9.26 Å². The zero-order valence-corrected chi connectivity index (χ0v) is 17.6. The highest BCUT2D eigenvalue weighted by Crippen LogP contribution is 2.19. The van der Waals surface area contributed by atoms with Gasteiger partial charge >= 0.3 is 0 Å². The van der Waals surface area contributed by atoms with Crippen LogP contribution in [0.15, 0.2) is 70.2 Å². The predicted molar refractivity (Wildman–Crippen MR) is 117 cm³/mol. The fraction of sp³-hybridized carbons (Fsp3) is 0.200. The predicted octanol–water partition coefficient (Wildman–Crippen LogP) is 3.83. The highest BCUT2D eigenvalue weighted by molar-refractivity contribution is 14.0. The first-order chi connectivity index (χ1) is 12.8. The van der Waals surface area contributed by atoms with Crippen LogP contribution >= 0.6 is 24.0 Å². The second-order valence-corrected chi connectivity index (χ2v) is 5.64. The van der Waals surface area contributed by atoms with Crippen molar-refractivity contribution in [1.82, 2.24) is 15.8 Å². The molecule has 0 amide bonds. The van der Waals surface area contributed by atoms with E-state index in [9.17, 15) is 0 Å². The smallest absolute Gasteiger partial charge is 0.191 e. The Kier molecular flexibility index (Phi) is 8.12. The van der Waals surface area contributed by atoms with Gasteiger partial charge in [-0.25, -0.2) is 0 Å². The number of para-hydroxylation sites is 1. The van der Waals surface area contributed by atoms with E-state index in [1.54, 1.807) is 14.2 Å². The van der Waals surface area contributed by atoms with E-state index in [1.807, 2.05) is 60.7 Å². The molecule has 142 valence electrons. The average Bonchev–Trinajstić information content (AvgIpc) is 3.18. The van der Waals surface area contributed by atoms with Crippen molar-refractivity contribution in [3.05, 3.63) is 71.9 Å². The monoisotopic (exact) mass is 478 g/mol. The molecule has 27 heavy (non-hydrogen) atoms.